The first-order valence-corrected chi connectivity index (χ1v) is 7.03. The van der Waals surface area contributed by atoms with E-state index in [0.29, 0.717) is 5.57 Å². The maximum absolute atomic E-state index is 11.3. The number of pyridine rings is 1. The molecule has 0 N–H and O–H groups in total. The molecule has 0 unspecified atom stereocenters. The van der Waals surface area contributed by atoms with Crippen LogP contribution in [0.5, 0.6) is 0 Å². The van der Waals surface area contributed by atoms with Gasteiger partial charge in [0.25, 0.3) is 0 Å². The van der Waals surface area contributed by atoms with E-state index in [1.54, 1.807) is 12.4 Å². The standard InChI is InChI=1S/C20H14NO/c22-15-19(18-10-6-12-21-14-18)13-17-9-4-5-11-20(17)16-7-2-1-3-8-16/h1-14H. The molecule has 0 spiro atoms. The summed E-state index contributed by atoms with van der Waals surface area (Å²) < 4.78 is 0. The zero-order valence-corrected chi connectivity index (χ0v) is 11.9. The lowest BCUT2D eigenvalue weighted by molar-refractivity contribution is 0.565. The van der Waals surface area contributed by atoms with Crippen LogP contribution >= 0.6 is 0 Å². The lowest BCUT2D eigenvalue weighted by Gasteiger charge is -2.07. The Morgan fingerprint density at radius 1 is 0.909 bits per heavy atom. The van der Waals surface area contributed by atoms with E-state index in [9.17, 15) is 4.79 Å². The smallest absolute Gasteiger partial charge is 0.234 e. The predicted molar refractivity (Wildman–Crippen MR) is 89.7 cm³/mol. The normalized spacial score (nSPS) is 11.2. The second-order valence-electron chi connectivity index (χ2n) is 4.86. The third-order valence-electron chi connectivity index (χ3n) is 3.43. The Morgan fingerprint density at radius 3 is 2.41 bits per heavy atom. The second kappa shape index (κ2) is 6.64. The van der Waals surface area contributed by atoms with Gasteiger partial charge in [-0.25, -0.2) is 0 Å². The van der Waals surface area contributed by atoms with Crippen LogP contribution in [0.3, 0.4) is 0 Å². The highest BCUT2D eigenvalue weighted by Crippen LogP contribution is 2.26. The van der Waals surface area contributed by atoms with Crippen LogP contribution in [0.25, 0.3) is 22.8 Å². The Kier molecular flexibility index (Phi) is 4.21. The molecular weight excluding hydrogens is 270 g/mol. The van der Waals surface area contributed by atoms with Crippen molar-refractivity contribution < 1.29 is 4.79 Å². The van der Waals surface area contributed by atoms with Gasteiger partial charge in [-0.05, 0) is 28.8 Å². The summed E-state index contributed by atoms with van der Waals surface area (Å²) in [7, 11) is 0. The van der Waals surface area contributed by atoms with Crippen molar-refractivity contribution in [3.05, 3.63) is 90.3 Å². The van der Waals surface area contributed by atoms with Crippen molar-refractivity contribution in [2.75, 3.05) is 0 Å². The van der Waals surface area contributed by atoms with Crippen LogP contribution in [0.15, 0.2) is 79.1 Å². The van der Waals surface area contributed by atoms with Crippen LogP contribution in [0, 0.1) is 0 Å². The third-order valence-corrected chi connectivity index (χ3v) is 3.43. The SMILES string of the molecule is O=[C]C(=Cc1ccccc1-c1ccccc1)c1cccnc1. The molecule has 2 aromatic carbocycles. The van der Waals surface area contributed by atoms with Gasteiger partial charge in [-0.3, -0.25) is 9.78 Å². The Bertz CT molecular complexity index is 792. The number of aromatic nitrogens is 1. The van der Waals surface area contributed by atoms with Crippen LogP contribution in [-0.2, 0) is 4.79 Å². The monoisotopic (exact) mass is 284 g/mol. The van der Waals surface area contributed by atoms with Gasteiger partial charge >= 0.3 is 0 Å². The van der Waals surface area contributed by atoms with Gasteiger partial charge in [-0.15, -0.1) is 0 Å². The molecule has 3 aromatic rings. The van der Waals surface area contributed by atoms with Gasteiger partial charge in [-0.1, -0.05) is 60.7 Å². The van der Waals surface area contributed by atoms with Crippen LogP contribution in [0.4, 0.5) is 0 Å². The summed E-state index contributed by atoms with van der Waals surface area (Å²) in [5.41, 5.74) is 4.44. The predicted octanol–water partition coefficient (Wildman–Crippen LogP) is 4.40. The molecule has 0 saturated carbocycles. The van der Waals surface area contributed by atoms with Gasteiger partial charge in [0.2, 0.25) is 6.29 Å². The fourth-order valence-corrected chi connectivity index (χ4v) is 2.35. The average Bonchev–Trinajstić information content (AvgIpc) is 2.61. The molecule has 2 heteroatoms. The zero-order valence-electron chi connectivity index (χ0n) is 11.9. The van der Waals surface area contributed by atoms with Crippen molar-refractivity contribution in [3.63, 3.8) is 0 Å². The van der Waals surface area contributed by atoms with Crippen LogP contribution in [-0.4, -0.2) is 11.3 Å². The topological polar surface area (TPSA) is 30.0 Å². The molecule has 0 atom stereocenters. The minimum absolute atomic E-state index is 0.497. The number of allylic oxidation sites excluding steroid dienone is 1. The summed E-state index contributed by atoms with van der Waals surface area (Å²) in [6.45, 7) is 0. The molecule has 0 aliphatic carbocycles. The Labute approximate surface area is 129 Å². The number of rotatable bonds is 4. The summed E-state index contributed by atoms with van der Waals surface area (Å²) in [4.78, 5) is 15.4. The van der Waals surface area contributed by atoms with Gasteiger partial charge in [-0.2, -0.15) is 0 Å². The molecule has 0 fully saturated rings. The third kappa shape index (κ3) is 3.01. The number of hydrogen-bond donors (Lipinski definition) is 0. The van der Waals surface area contributed by atoms with E-state index in [4.69, 9.17) is 0 Å². The van der Waals surface area contributed by atoms with E-state index >= 15 is 0 Å². The maximum atomic E-state index is 11.3. The van der Waals surface area contributed by atoms with Gasteiger partial charge in [0, 0.05) is 23.5 Å². The fourth-order valence-electron chi connectivity index (χ4n) is 2.35. The minimum Gasteiger partial charge on any atom is -0.285 e. The van der Waals surface area contributed by atoms with Crippen LogP contribution in [0.1, 0.15) is 11.1 Å². The van der Waals surface area contributed by atoms with Crippen molar-refractivity contribution in [1.29, 1.82) is 0 Å². The summed E-state index contributed by atoms with van der Waals surface area (Å²) in [6, 6.07) is 21.8. The molecule has 22 heavy (non-hydrogen) atoms. The van der Waals surface area contributed by atoms with Crippen molar-refractivity contribution in [3.8, 4) is 11.1 Å². The quantitative estimate of drug-likeness (QED) is 0.665. The number of nitrogens with zero attached hydrogens (tertiary/aromatic N) is 1. The summed E-state index contributed by atoms with van der Waals surface area (Å²) in [6.07, 6.45) is 7.22. The highest BCUT2D eigenvalue weighted by atomic mass is 16.1. The van der Waals surface area contributed by atoms with Crippen molar-refractivity contribution >= 4 is 17.9 Å². The lowest BCUT2D eigenvalue weighted by Crippen LogP contribution is -1.89. The lowest BCUT2D eigenvalue weighted by atomic mass is 9.97. The first kappa shape index (κ1) is 14.0. The van der Waals surface area contributed by atoms with E-state index in [-0.39, 0.29) is 0 Å². The highest BCUT2D eigenvalue weighted by molar-refractivity contribution is 6.14. The summed E-state index contributed by atoms with van der Waals surface area (Å²) >= 11 is 0. The molecule has 0 saturated heterocycles. The Balaban J connectivity index is 2.09. The zero-order chi connectivity index (χ0) is 15.2. The Hall–Kier alpha value is -3.00. The van der Waals surface area contributed by atoms with Crippen LogP contribution in [0.2, 0.25) is 0 Å². The molecule has 3 rings (SSSR count). The molecule has 1 aromatic heterocycles. The summed E-state index contributed by atoms with van der Waals surface area (Å²) in [5.74, 6) is 0. The van der Waals surface area contributed by atoms with E-state index in [1.165, 1.54) is 0 Å². The minimum atomic E-state index is 0.497. The first-order chi connectivity index (χ1) is 10.9. The molecule has 1 heterocycles. The molecule has 0 amide bonds. The van der Waals surface area contributed by atoms with E-state index < -0.39 is 0 Å². The van der Waals surface area contributed by atoms with E-state index in [0.717, 1.165) is 22.3 Å². The van der Waals surface area contributed by atoms with Gasteiger partial charge in [0.15, 0.2) is 0 Å². The van der Waals surface area contributed by atoms with Crippen LogP contribution < -0.4 is 0 Å². The fraction of sp³-hybridized carbons (Fsp3) is 0. The van der Waals surface area contributed by atoms with Crippen molar-refractivity contribution in [1.82, 2.24) is 4.98 Å². The molecule has 0 aliphatic rings. The first-order valence-electron chi connectivity index (χ1n) is 7.03. The van der Waals surface area contributed by atoms with Gasteiger partial charge in [0.1, 0.15) is 0 Å². The molecule has 0 aliphatic heterocycles. The number of hydrogen-bond acceptors (Lipinski definition) is 2. The molecule has 105 valence electrons. The van der Waals surface area contributed by atoms with E-state index in [1.807, 2.05) is 67.0 Å². The van der Waals surface area contributed by atoms with Gasteiger partial charge < -0.3 is 0 Å². The Morgan fingerprint density at radius 2 is 1.68 bits per heavy atom. The molecular formula is C20H14NO. The van der Waals surface area contributed by atoms with Gasteiger partial charge in [0.05, 0.1) is 0 Å². The van der Waals surface area contributed by atoms with Crippen molar-refractivity contribution in [2.45, 2.75) is 0 Å². The maximum Gasteiger partial charge on any atom is 0.234 e. The highest BCUT2D eigenvalue weighted by Gasteiger charge is 2.06. The summed E-state index contributed by atoms with van der Waals surface area (Å²) in [5, 5.41) is 0. The number of carbonyl (C=O) groups excluding carboxylic acids is 1. The van der Waals surface area contributed by atoms with Crippen molar-refractivity contribution in [2.24, 2.45) is 0 Å². The largest absolute Gasteiger partial charge is 0.285 e. The molecule has 2 nitrogen and oxygen atoms in total. The molecule has 1 radical (unpaired) electrons. The number of benzene rings is 2. The molecule has 0 bridgehead atoms. The van der Waals surface area contributed by atoms with E-state index in [2.05, 4.69) is 17.1 Å². The second-order valence-corrected chi connectivity index (χ2v) is 4.86. The average molecular weight is 284 g/mol.